The lowest BCUT2D eigenvalue weighted by Crippen LogP contribution is -2.23. The molecule has 1 aromatic carbocycles. The smallest absolute Gasteiger partial charge is 0.271 e. The van der Waals surface area contributed by atoms with Gasteiger partial charge in [0.25, 0.3) is 11.8 Å². The molecule has 1 aromatic heterocycles. The van der Waals surface area contributed by atoms with E-state index in [0.717, 1.165) is 10.6 Å². The third-order valence-electron chi connectivity index (χ3n) is 2.96. The molecule has 0 saturated heterocycles. The van der Waals surface area contributed by atoms with Gasteiger partial charge in [-0.2, -0.15) is 0 Å². The Morgan fingerprint density at radius 3 is 2.52 bits per heavy atom. The van der Waals surface area contributed by atoms with Gasteiger partial charge in [-0.15, -0.1) is 11.3 Å². The van der Waals surface area contributed by atoms with Gasteiger partial charge in [0, 0.05) is 30.6 Å². The Balaban J connectivity index is 1.90. The molecule has 118 valence electrons. The summed E-state index contributed by atoms with van der Waals surface area (Å²) in [5, 5.41) is 5.27. The lowest BCUT2D eigenvalue weighted by atomic mass is 10.1. The van der Waals surface area contributed by atoms with Crippen LogP contribution in [0.1, 0.15) is 31.4 Å². The average molecular weight is 327 g/mol. The molecule has 0 saturated carbocycles. The highest BCUT2D eigenvalue weighted by Gasteiger charge is 2.07. The number of amides is 2. The van der Waals surface area contributed by atoms with Crippen LogP contribution in [0.15, 0.2) is 29.6 Å². The summed E-state index contributed by atoms with van der Waals surface area (Å²) in [5.41, 5.74) is 1.83. The molecule has 0 radical (unpaired) electrons. The van der Waals surface area contributed by atoms with Gasteiger partial charge < -0.3 is 10.2 Å². The molecule has 0 spiro atoms. The molecular formula is C17H17N3O2S. The number of benzene rings is 1. The minimum atomic E-state index is -0.226. The minimum Gasteiger partial charge on any atom is -0.345 e. The zero-order valence-corrected chi connectivity index (χ0v) is 14.0. The number of hydrogen-bond acceptors (Lipinski definition) is 4. The number of nitrogens with zero attached hydrogens (tertiary/aromatic N) is 2. The van der Waals surface area contributed by atoms with E-state index in [1.54, 1.807) is 43.7 Å². The molecular weight excluding hydrogens is 310 g/mol. The molecule has 0 bridgehead atoms. The second-order valence-corrected chi connectivity index (χ2v) is 6.08. The van der Waals surface area contributed by atoms with Crippen LogP contribution in [0.4, 0.5) is 0 Å². The Kier molecular flexibility index (Phi) is 5.50. The molecule has 2 aromatic rings. The molecule has 23 heavy (non-hydrogen) atoms. The average Bonchev–Trinajstić information content (AvgIpc) is 2.97. The number of carbonyl (C=O) groups is 2. The van der Waals surface area contributed by atoms with Crippen molar-refractivity contribution in [1.82, 2.24) is 15.2 Å². The van der Waals surface area contributed by atoms with Crippen molar-refractivity contribution in [2.45, 2.75) is 6.92 Å². The van der Waals surface area contributed by atoms with Gasteiger partial charge in [-0.05, 0) is 31.2 Å². The standard InChI is InChI=1S/C17H17N3O2S/c1-12-19-15(11-23-12)16(21)18-10-4-5-13-6-8-14(9-7-13)17(22)20(2)3/h6-9,11H,10H2,1-3H3,(H,18,21). The van der Waals surface area contributed by atoms with E-state index in [0.29, 0.717) is 11.3 Å². The number of hydrogen-bond donors (Lipinski definition) is 1. The van der Waals surface area contributed by atoms with E-state index in [-0.39, 0.29) is 18.4 Å². The summed E-state index contributed by atoms with van der Waals surface area (Å²) in [5.74, 6) is 5.55. The Bertz CT molecular complexity index is 767. The molecule has 1 N–H and O–H groups in total. The molecule has 0 aliphatic carbocycles. The second-order valence-electron chi connectivity index (χ2n) is 5.01. The number of carbonyl (C=O) groups excluding carboxylic acids is 2. The van der Waals surface area contributed by atoms with Crippen LogP contribution < -0.4 is 5.32 Å². The molecule has 0 aliphatic heterocycles. The van der Waals surface area contributed by atoms with Crippen LogP contribution >= 0.6 is 11.3 Å². The summed E-state index contributed by atoms with van der Waals surface area (Å²) >= 11 is 1.44. The van der Waals surface area contributed by atoms with Gasteiger partial charge in [0.05, 0.1) is 11.6 Å². The Labute approximate surface area is 139 Å². The van der Waals surface area contributed by atoms with Crippen LogP contribution in [0.3, 0.4) is 0 Å². The van der Waals surface area contributed by atoms with Crippen LogP contribution in [0.25, 0.3) is 0 Å². The van der Waals surface area contributed by atoms with Crippen molar-refractivity contribution in [3.8, 4) is 11.8 Å². The molecule has 0 unspecified atom stereocenters. The first kappa shape index (κ1) is 16.7. The number of rotatable bonds is 3. The number of thiazole rings is 1. The van der Waals surface area contributed by atoms with Crippen molar-refractivity contribution in [1.29, 1.82) is 0 Å². The van der Waals surface area contributed by atoms with Crippen LogP contribution in [-0.2, 0) is 0 Å². The normalized spacial score (nSPS) is 9.70. The Morgan fingerprint density at radius 1 is 1.26 bits per heavy atom. The van der Waals surface area contributed by atoms with E-state index in [2.05, 4.69) is 22.1 Å². The third-order valence-corrected chi connectivity index (χ3v) is 3.73. The predicted molar refractivity (Wildman–Crippen MR) is 90.5 cm³/mol. The van der Waals surface area contributed by atoms with E-state index in [1.165, 1.54) is 16.2 Å². The van der Waals surface area contributed by atoms with E-state index in [1.807, 2.05) is 6.92 Å². The van der Waals surface area contributed by atoms with Crippen molar-refractivity contribution in [3.63, 3.8) is 0 Å². The van der Waals surface area contributed by atoms with Crippen molar-refractivity contribution >= 4 is 23.2 Å². The molecule has 1 heterocycles. The first-order valence-corrected chi connectivity index (χ1v) is 7.86. The highest BCUT2D eigenvalue weighted by molar-refractivity contribution is 7.09. The van der Waals surface area contributed by atoms with Crippen LogP contribution in [0, 0.1) is 18.8 Å². The minimum absolute atomic E-state index is 0.0460. The lowest BCUT2D eigenvalue weighted by molar-refractivity contribution is 0.0827. The summed E-state index contributed by atoms with van der Waals surface area (Å²) in [6.45, 7) is 2.10. The highest BCUT2D eigenvalue weighted by atomic mass is 32.1. The maximum absolute atomic E-state index is 11.8. The maximum atomic E-state index is 11.8. The molecule has 5 nitrogen and oxygen atoms in total. The summed E-state index contributed by atoms with van der Waals surface area (Å²) in [6.07, 6.45) is 0. The van der Waals surface area contributed by atoms with Gasteiger partial charge >= 0.3 is 0 Å². The second kappa shape index (κ2) is 7.56. The number of nitrogens with one attached hydrogen (secondary N) is 1. The van der Waals surface area contributed by atoms with Crippen molar-refractivity contribution in [3.05, 3.63) is 51.5 Å². The monoisotopic (exact) mass is 327 g/mol. The van der Waals surface area contributed by atoms with Crippen LogP contribution in [-0.4, -0.2) is 42.3 Å². The fourth-order valence-corrected chi connectivity index (χ4v) is 2.38. The summed E-state index contributed by atoms with van der Waals surface area (Å²) in [6, 6.07) is 7.05. The number of aryl methyl sites for hydroxylation is 1. The number of aromatic nitrogens is 1. The van der Waals surface area contributed by atoms with E-state index in [9.17, 15) is 9.59 Å². The maximum Gasteiger partial charge on any atom is 0.271 e. The summed E-state index contributed by atoms with van der Waals surface area (Å²) in [4.78, 5) is 29.2. The SMILES string of the molecule is Cc1nc(C(=O)NCC#Cc2ccc(C(=O)N(C)C)cc2)cs1. The van der Waals surface area contributed by atoms with Crippen molar-refractivity contribution in [2.24, 2.45) is 0 Å². The third kappa shape index (κ3) is 4.66. The first-order chi connectivity index (χ1) is 11.0. The first-order valence-electron chi connectivity index (χ1n) is 6.98. The topological polar surface area (TPSA) is 62.3 Å². The summed E-state index contributed by atoms with van der Waals surface area (Å²) < 4.78 is 0. The van der Waals surface area contributed by atoms with Crippen LogP contribution in [0.5, 0.6) is 0 Å². The van der Waals surface area contributed by atoms with Gasteiger partial charge in [-0.1, -0.05) is 11.8 Å². The molecule has 0 fully saturated rings. The van der Waals surface area contributed by atoms with Gasteiger partial charge in [0.15, 0.2) is 0 Å². The fourth-order valence-electron chi connectivity index (χ4n) is 1.78. The summed E-state index contributed by atoms with van der Waals surface area (Å²) in [7, 11) is 3.42. The molecule has 0 aliphatic rings. The van der Waals surface area contributed by atoms with Crippen LogP contribution in [0.2, 0.25) is 0 Å². The fraction of sp³-hybridized carbons (Fsp3) is 0.235. The van der Waals surface area contributed by atoms with Gasteiger partial charge in [-0.25, -0.2) is 4.98 Å². The largest absolute Gasteiger partial charge is 0.345 e. The van der Waals surface area contributed by atoms with Gasteiger partial charge in [-0.3, -0.25) is 9.59 Å². The molecule has 2 amide bonds. The lowest BCUT2D eigenvalue weighted by Gasteiger charge is -2.09. The van der Waals surface area contributed by atoms with Gasteiger partial charge in [0.2, 0.25) is 0 Å². The molecule has 2 rings (SSSR count). The quantitative estimate of drug-likeness (QED) is 0.876. The van der Waals surface area contributed by atoms with Crippen molar-refractivity contribution < 1.29 is 9.59 Å². The zero-order chi connectivity index (χ0) is 16.8. The Hall–Kier alpha value is -2.65. The van der Waals surface area contributed by atoms with E-state index >= 15 is 0 Å². The van der Waals surface area contributed by atoms with E-state index in [4.69, 9.17) is 0 Å². The van der Waals surface area contributed by atoms with E-state index < -0.39 is 0 Å². The van der Waals surface area contributed by atoms with Gasteiger partial charge in [0.1, 0.15) is 5.69 Å². The van der Waals surface area contributed by atoms with Crippen molar-refractivity contribution in [2.75, 3.05) is 20.6 Å². The molecule has 6 heteroatoms. The highest BCUT2D eigenvalue weighted by Crippen LogP contribution is 2.07. The molecule has 0 atom stereocenters. The zero-order valence-electron chi connectivity index (χ0n) is 13.2. The predicted octanol–water partition coefficient (Wildman–Crippen LogP) is 1.93. The Morgan fingerprint density at radius 2 is 1.96 bits per heavy atom.